The van der Waals surface area contributed by atoms with Gasteiger partial charge in [0.2, 0.25) is 0 Å². The fourth-order valence-corrected chi connectivity index (χ4v) is 2.13. The van der Waals surface area contributed by atoms with Crippen molar-refractivity contribution < 1.29 is 14.7 Å². The predicted molar refractivity (Wildman–Crippen MR) is 85.8 cm³/mol. The largest absolute Gasteiger partial charge is 0.507 e. The second-order valence-electron chi connectivity index (χ2n) is 4.84. The molecule has 2 aromatic rings. The number of hydrogen-bond acceptors (Lipinski definition) is 4. The molecule has 0 aliphatic rings. The Morgan fingerprint density at radius 2 is 1.73 bits per heavy atom. The molecule has 22 heavy (non-hydrogen) atoms. The smallest absolute Gasteiger partial charge is 0.313 e. The summed E-state index contributed by atoms with van der Waals surface area (Å²) in [4.78, 5) is 23.6. The summed E-state index contributed by atoms with van der Waals surface area (Å²) in [5, 5.41) is 19.2. The van der Waals surface area contributed by atoms with Crippen molar-refractivity contribution in [2.75, 3.05) is 25.5 Å². The topological polar surface area (TPSA) is 90.5 Å². The molecule has 116 valence electrons. The van der Waals surface area contributed by atoms with Crippen molar-refractivity contribution in [3.63, 3.8) is 0 Å². The first-order valence-corrected chi connectivity index (χ1v) is 7.08. The van der Waals surface area contributed by atoms with Crippen molar-refractivity contribution in [1.82, 2.24) is 10.6 Å². The molecule has 0 spiro atoms. The molecule has 0 atom stereocenters. The highest BCUT2D eigenvalue weighted by Gasteiger charge is 2.14. The van der Waals surface area contributed by atoms with E-state index >= 15 is 0 Å². The number of anilines is 1. The van der Waals surface area contributed by atoms with Gasteiger partial charge in [0, 0.05) is 23.0 Å². The number of carbonyl (C=O) groups is 2. The highest BCUT2D eigenvalue weighted by atomic mass is 16.3. The Kier molecular flexibility index (Phi) is 5.32. The lowest BCUT2D eigenvalue weighted by Gasteiger charge is -2.09. The van der Waals surface area contributed by atoms with Gasteiger partial charge in [-0.1, -0.05) is 24.3 Å². The minimum absolute atomic E-state index is 0.130. The van der Waals surface area contributed by atoms with Crippen LogP contribution in [0, 0.1) is 0 Å². The molecule has 0 radical (unpaired) electrons. The molecule has 0 aromatic heterocycles. The Bertz CT molecular complexity index is 685. The van der Waals surface area contributed by atoms with Crippen molar-refractivity contribution in [3.05, 3.63) is 36.4 Å². The number of amides is 2. The fourth-order valence-electron chi connectivity index (χ4n) is 2.13. The first kappa shape index (κ1) is 15.8. The zero-order valence-corrected chi connectivity index (χ0v) is 12.3. The van der Waals surface area contributed by atoms with Crippen LogP contribution < -0.4 is 16.0 Å². The molecule has 0 aliphatic heterocycles. The van der Waals surface area contributed by atoms with E-state index in [9.17, 15) is 14.7 Å². The molecule has 0 unspecified atom stereocenters. The predicted octanol–water partition coefficient (Wildman–Crippen LogP) is 1.21. The molecule has 0 fully saturated rings. The van der Waals surface area contributed by atoms with Gasteiger partial charge in [-0.05, 0) is 32.1 Å². The average molecular weight is 301 g/mol. The van der Waals surface area contributed by atoms with E-state index in [1.165, 1.54) is 0 Å². The minimum atomic E-state index is -0.722. The van der Waals surface area contributed by atoms with E-state index in [0.717, 1.165) is 13.0 Å². The van der Waals surface area contributed by atoms with Crippen molar-refractivity contribution >= 4 is 28.3 Å². The van der Waals surface area contributed by atoms with E-state index in [0.29, 0.717) is 23.0 Å². The van der Waals surface area contributed by atoms with Crippen LogP contribution in [0.15, 0.2) is 36.4 Å². The Morgan fingerprint density at radius 3 is 2.50 bits per heavy atom. The lowest BCUT2D eigenvalue weighted by atomic mass is 10.1. The maximum absolute atomic E-state index is 11.9. The molecule has 0 heterocycles. The summed E-state index contributed by atoms with van der Waals surface area (Å²) in [6.07, 6.45) is 0.748. The Balaban J connectivity index is 2.06. The number of nitrogens with one attached hydrogen (secondary N) is 3. The number of aromatic hydroxyl groups is 1. The van der Waals surface area contributed by atoms with Gasteiger partial charge < -0.3 is 21.1 Å². The van der Waals surface area contributed by atoms with E-state index in [1.807, 2.05) is 7.05 Å². The van der Waals surface area contributed by atoms with Crippen LogP contribution >= 0.6 is 0 Å². The lowest BCUT2D eigenvalue weighted by Crippen LogP contribution is -2.36. The van der Waals surface area contributed by atoms with E-state index in [-0.39, 0.29) is 5.75 Å². The van der Waals surface area contributed by atoms with E-state index in [4.69, 9.17) is 0 Å². The van der Waals surface area contributed by atoms with Gasteiger partial charge in [0.15, 0.2) is 0 Å². The highest BCUT2D eigenvalue weighted by molar-refractivity contribution is 6.40. The van der Waals surface area contributed by atoms with Crippen molar-refractivity contribution in [2.45, 2.75) is 6.42 Å². The normalized spacial score (nSPS) is 10.4. The zero-order valence-electron chi connectivity index (χ0n) is 12.3. The number of phenolic OH excluding ortho intramolecular Hbond substituents is 1. The molecule has 4 N–H and O–H groups in total. The summed E-state index contributed by atoms with van der Waals surface area (Å²) in [5.41, 5.74) is 0.490. The SMILES string of the molecule is CNCCCNC(=O)C(=O)Nc1cccc2c(O)cccc12. The van der Waals surface area contributed by atoms with Crippen LogP contribution in [0.3, 0.4) is 0 Å². The summed E-state index contributed by atoms with van der Waals surface area (Å²) in [6.45, 7) is 1.20. The molecule has 0 saturated carbocycles. The second kappa shape index (κ2) is 7.42. The second-order valence-corrected chi connectivity index (χ2v) is 4.84. The maximum Gasteiger partial charge on any atom is 0.313 e. The monoisotopic (exact) mass is 301 g/mol. The third kappa shape index (κ3) is 3.73. The summed E-state index contributed by atoms with van der Waals surface area (Å²) >= 11 is 0. The van der Waals surface area contributed by atoms with Crippen LogP contribution in [0.5, 0.6) is 5.75 Å². The van der Waals surface area contributed by atoms with Crippen molar-refractivity contribution in [3.8, 4) is 5.75 Å². The third-order valence-corrected chi connectivity index (χ3v) is 3.24. The van der Waals surface area contributed by atoms with Crippen LogP contribution in [0.2, 0.25) is 0 Å². The van der Waals surface area contributed by atoms with Crippen LogP contribution in [0.4, 0.5) is 5.69 Å². The highest BCUT2D eigenvalue weighted by Crippen LogP contribution is 2.29. The van der Waals surface area contributed by atoms with Gasteiger partial charge in [0.1, 0.15) is 5.75 Å². The number of hydrogen-bond donors (Lipinski definition) is 4. The lowest BCUT2D eigenvalue weighted by molar-refractivity contribution is -0.136. The standard InChI is InChI=1S/C16H19N3O3/c1-17-9-4-10-18-15(21)16(22)19-13-7-2-6-12-11(13)5-3-8-14(12)20/h2-3,5-8,17,20H,4,9-10H2,1H3,(H,18,21)(H,19,22). The summed E-state index contributed by atoms with van der Waals surface area (Å²) in [5.74, 6) is -1.27. The molecular weight excluding hydrogens is 282 g/mol. The van der Waals surface area contributed by atoms with Gasteiger partial charge in [0.05, 0.1) is 0 Å². The third-order valence-electron chi connectivity index (χ3n) is 3.24. The zero-order chi connectivity index (χ0) is 15.9. The van der Waals surface area contributed by atoms with Gasteiger partial charge in [0.25, 0.3) is 0 Å². The average Bonchev–Trinajstić information content (AvgIpc) is 2.52. The number of phenols is 1. The molecular formula is C16H19N3O3. The molecule has 0 bridgehead atoms. The summed E-state index contributed by atoms with van der Waals surface area (Å²) < 4.78 is 0. The Labute approximate surface area is 128 Å². The number of fused-ring (bicyclic) bond motifs is 1. The molecule has 2 aromatic carbocycles. The van der Waals surface area contributed by atoms with Crippen LogP contribution in [0.1, 0.15) is 6.42 Å². The fraction of sp³-hybridized carbons (Fsp3) is 0.250. The van der Waals surface area contributed by atoms with Crippen LogP contribution in [0.25, 0.3) is 10.8 Å². The quantitative estimate of drug-likeness (QED) is 0.493. The van der Waals surface area contributed by atoms with E-state index in [2.05, 4.69) is 16.0 Å². The Morgan fingerprint density at radius 1 is 1.00 bits per heavy atom. The minimum Gasteiger partial charge on any atom is -0.507 e. The first-order valence-electron chi connectivity index (χ1n) is 7.08. The molecule has 0 aliphatic carbocycles. The molecule has 2 amide bonds. The van der Waals surface area contributed by atoms with Crippen molar-refractivity contribution in [1.29, 1.82) is 0 Å². The van der Waals surface area contributed by atoms with Gasteiger partial charge in [-0.2, -0.15) is 0 Å². The van der Waals surface area contributed by atoms with Gasteiger partial charge in [-0.15, -0.1) is 0 Å². The molecule has 6 nitrogen and oxygen atoms in total. The summed E-state index contributed by atoms with van der Waals surface area (Å²) in [6, 6.07) is 10.2. The van der Waals surface area contributed by atoms with Gasteiger partial charge in [-0.25, -0.2) is 0 Å². The van der Waals surface area contributed by atoms with Crippen molar-refractivity contribution in [2.24, 2.45) is 0 Å². The molecule has 2 rings (SSSR count). The molecule has 0 saturated heterocycles. The van der Waals surface area contributed by atoms with E-state index < -0.39 is 11.8 Å². The maximum atomic E-state index is 11.9. The Hall–Kier alpha value is -2.60. The van der Waals surface area contributed by atoms with E-state index in [1.54, 1.807) is 36.4 Å². The van der Waals surface area contributed by atoms with Crippen LogP contribution in [-0.4, -0.2) is 37.1 Å². The first-order chi connectivity index (χ1) is 10.6. The number of rotatable bonds is 5. The number of benzene rings is 2. The molecule has 6 heteroatoms. The van der Waals surface area contributed by atoms with Crippen LogP contribution in [-0.2, 0) is 9.59 Å². The summed E-state index contributed by atoms with van der Waals surface area (Å²) in [7, 11) is 1.82. The number of carbonyl (C=O) groups excluding carboxylic acids is 2. The van der Waals surface area contributed by atoms with Gasteiger partial charge >= 0.3 is 11.8 Å². The van der Waals surface area contributed by atoms with Gasteiger partial charge in [-0.3, -0.25) is 9.59 Å².